The third-order valence-corrected chi connectivity index (χ3v) is 4.43. The molecule has 0 bridgehead atoms. The summed E-state index contributed by atoms with van der Waals surface area (Å²) in [5.74, 6) is -2.36. The van der Waals surface area contributed by atoms with Crippen molar-refractivity contribution in [2.24, 2.45) is 11.3 Å². The second kappa shape index (κ2) is 7.83. The molecular formula is C15H24F3NO3. The molecule has 128 valence electrons. The van der Waals surface area contributed by atoms with Crippen molar-refractivity contribution in [1.82, 2.24) is 5.32 Å². The number of halogens is 3. The van der Waals surface area contributed by atoms with Gasteiger partial charge in [-0.1, -0.05) is 19.8 Å². The number of alkyl halides is 3. The van der Waals surface area contributed by atoms with Crippen LogP contribution in [0, 0.1) is 11.3 Å². The van der Waals surface area contributed by atoms with E-state index in [4.69, 9.17) is 4.74 Å². The van der Waals surface area contributed by atoms with Gasteiger partial charge in [0.25, 0.3) is 0 Å². The third-order valence-electron chi connectivity index (χ3n) is 4.43. The highest BCUT2D eigenvalue weighted by molar-refractivity contribution is 5.81. The Bertz CT molecular complexity index is 390. The van der Waals surface area contributed by atoms with Gasteiger partial charge in [0.05, 0.1) is 13.0 Å². The molecule has 1 amide bonds. The number of amides is 1. The van der Waals surface area contributed by atoms with E-state index < -0.39 is 12.1 Å². The van der Waals surface area contributed by atoms with Gasteiger partial charge in [-0.15, -0.1) is 0 Å². The van der Waals surface area contributed by atoms with Crippen molar-refractivity contribution >= 4 is 11.9 Å². The summed E-state index contributed by atoms with van der Waals surface area (Å²) in [4.78, 5) is 22.3. The summed E-state index contributed by atoms with van der Waals surface area (Å²) in [6, 6.07) is 0. The lowest BCUT2D eigenvalue weighted by Gasteiger charge is -2.31. The Balaban J connectivity index is 2.44. The topological polar surface area (TPSA) is 55.4 Å². The van der Waals surface area contributed by atoms with Crippen LogP contribution in [-0.2, 0) is 14.3 Å². The second-order valence-corrected chi connectivity index (χ2v) is 6.19. The van der Waals surface area contributed by atoms with Gasteiger partial charge in [0.15, 0.2) is 0 Å². The molecule has 0 spiro atoms. The molecule has 1 unspecified atom stereocenters. The first-order valence-corrected chi connectivity index (χ1v) is 7.63. The molecule has 1 saturated carbocycles. The maximum Gasteiger partial charge on any atom is 0.471 e. The lowest BCUT2D eigenvalue weighted by molar-refractivity contribution is -0.173. The zero-order valence-electron chi connectivity index (χ0n) is 13.1. The van der Waals surface area contributed by atoms with Crippen LogP contribution < -0.4 is 5.32 Å². The van der Waals surface area contributed by atoms with Gasteiger partial charge in [0.1, 0.15) is 0 Å². The number of nitrogens with one attached hydrogen (secondary N) is 1. The number of hydrogen-bond donors (Lipinski definition) is 1. The fourth-order valence-corrected chi connectivity index (χ4v) is 3.38. The molecule has 0 saturated heterocycles. The van der Waals surface area contributed by atoms with Gasteiger partial charge in [-0.2, -0.15) is 13.2 Å². The van der Waals surface area contributed by atoms with Crippen LogP contribution >= 0.6 is 0 Å². The molecular weight excluding hydrogens is 299 g/mol. The predicted molar refractivity (Wildman–Crippen MR) is 75.0 cm³/mol. The number of rotatable bonds is 7. The molecule has 0 aromatic carbocycles. The normalized spacial score (nSPS) is 18.8. The molecule has 4 nitrogen and oxygen atoms in total. The van der Waals surface area contributed by atoms with Crippen molar-refractivity contribution in [2.45, 2.75) is 58.0 Å². The molecule has 0 aromatic rings. The standard InChI is InChI=1S/C15H24F3NO3/c1-11(12(20)22-2)10-14(6-3-4-7-14)8-5-9-19-13(21)15(16,17)18/h11H,3-10H2,1-2H3,(H,19,21). The van der Waals surface area contributed by atoms with Crippen LogP contribution in [-0.4, -0.2) is 31.7 Å². The monoisotopic (exact) mass is 323 g/mol. The highest BCUT2D eigenvalue weighted by Crippen LogP contribution is 2.46. The summed E-state index contributed by atoms with van der Waals surface area (Å²) in [6.45, 7) is 1.82. The van der Waals surface area contributed by atoms with Crippen LogP contribution in [0.4, 0.5) is 13.2 Å². The van der Waals surface area contributed by atoms with E-state index in [1.807, 2.05) is 12.2 Å². The maximum absolute atomic E-state index is 12.1. The number of ether oxygens (including phenoxy) is 1. The van der Waals surface area contributed by atoms with Crippen molar-refractivity contribution in [1.29, 1.82) is 0 Å². The number of carbonyl (C=O) groups is 2. The minimum Gasteiger partial charge on any atom is -0.469 e. The van der Waals surface area contributed by atoms with E-state index in [1.54, 1.807) is 0 Å². The largest absolute Gasteiger partial charge is 0.471 e. The average molecular weight is 323 g/mol. The van der Waals surface area contributed by atoms with Crippen LogP contribution in [0.25, 0.3) is 0 Å². The summed E-state index contributed by atoms with van der Waals surface area (Å²) in [5, 5.41) is 1.90. The Labute approximate surface area is 128 Å². The minimum atomic E-state index is -4.83. The van der Waals surface area contributed by atoms with E-state index in [0.29, 0.717) is 19.3 Å². The quantitative estimate of drug-likeness (QED) is 0.578. The highest BCUT2D eigenvalue weighted by atomic mass is 19.4. The van der Waals surface area contributed by atoms with E-state index in [1.165, 1.54) is 7.11 Å². The van der Waals surface area contributed by atoms with Gasteiger partial charge in [-0.25, -0.2) is 0 Å². The Morgan fingerprint density at radius 3 is 2.36 bits per heavy atom. The lowest BCUT2D eigenvalue weighted by atomic mass is 9.75. The number of carbonyl (C=O) groups excluding carboxylic acids is 2. The molecule has 1 fully saturated rings. The summed E-state index contributed by atoms with van der Waals surface area (Å²) in [7, 11) is 1.35. The van der Waals surface area contributed by atoms with Crippen LogP contribution in [0.3, 0.4) is 0 Å². The van der Waals surface area contributed by atoms with Gasteiger partial charge in [0, 0.05) is 6.54 Å². The molecule has 1 N–H and O–H groups in total. The highest BCUT2D eigenvalue weighted by Gasteiger charge is 2.39. The molecule has 1 rings (SSSR count). The molecule has 1 aliphatic carbocycles. The smallest absolute Gasteiger partial charge is 0.469 e. The van der Waals surface area contributed by atoms with E-state index in [2.05, 4.69) is 0 Å². The zero-order chi connectivity index (χ0) is 16.8. The van der Waals surface area contributed by atoms with Crippen molar-refractivity contribution in [3.63, 3.8) is 0 Å². The Morgan fingerprint density at radius 1 is 1.27 bits per heavy atom. The fraction of sp³-hybridized carbons (Fsp3) is 0.867. The van der Waals surface area contributed by atoms with Gasteiger partial charge < -0.3 is 10.1 Å². The minimum absolute atomic E-state index is 0.00665. The van der Waals surface area contributed by atoms with Crippen molar-refractivity contribution in [2.75, 3.05) is 13.7 Å². The van der Waals surface area contributed by atoms with Crippen molar-refractivity contribution in [3.05, 3.63) is 0 Å². The zero-order valence-corrected chi connectivity index (χ0v) is 13.1. The van der Waals surface area contributed by atoms with Gasteiger partial charge in [-0.05, 0) is 37.5 Å². The van der Waals surface area contributed by atoms with Crippen LogP contribution in [0.5, 0.6) is 0 Å². The Morgan fingerprint density at radius 2 is 1.86 bits per heavy atom. The Hall–Kier alpha value is -1.27. The van der Waals surface area contributed by atoms with Crippen molar-refractivity contribution < 1.29 is 27.5 Å². The Kier molecular flexibility index (Phi) is 6.68. The van der Waals surface area contributed by atoms with E-state index in [-0.39, 0.29) is 23.8 Å². The SMILES string of the molecule is COC(=O)C(C)CC1(CCCNC(=O)C(F)(F)F)CCCC1. The molecule has 0 aromatic heterocycles. The molecule has 0 radical (unpaired) electrons. The maximum atomic E-state index is 12.1. The molecule has 1 atom stereocenters. The first-order valence-electron chi connectivity index (χ1n) is 7.63. The van der Waals surface area contributed by atoms with Crippen LogP contribution in [0.15, 0.2) is 0 Å². The average Bonchev–Trinajstić information content (AvgIpc) is 2.90. The summed E-state index contributed by atoms with van der Waals surface area (Å²) in [5.41, 5.74) is -0.0173. The molecule has 1 aliphatic rings. The number of hydrogen-bond acceptors (Lipinski definition) is 3. The molecule has 22 heavy (non-hydrogen) atoms. The van der Waals surface area contributed by atoms with E-state index in [0.717, 1.165) is 25.7 Å². The summed E-state index contributed by atoms with van der Waals surface area (Å²) in [6.07, 6.45) is 1.15. The van der Waals surface area contributed by atoms with Gasteiger partial charge in [-0.3, -0.25) is 9.59 Å². The fourth-order valence-electron chi connectivity index (χ4n) is 3.38. The molecule has 7 heteroatoms. The molecule has 0 heterocycles. The second-order valence-electron chi connectivity index (χ2n) is 6.19. The van der Waals surface area contributed by atoms with E-state index in [9.17, 15) is 22.8 Å². The molecule has 0 aliphatic heterocycles. The first-order chi connectivity index (χ1) is 10.2. The third kappa shape index (κ3) is 5.50. The summed E-state index contributed by atoms with van der Waals surface area (Å²) < 4.78 is 41.0. The van der Waals surface area contributed by atoms with Crippen molar-refractivity contribution in [3.8, 4) is 0 Å². The number of esters is 1. The lowest BCUT2D eigenvalue weighted by Crippen LogP contribution is -2.37. The van der Waals surface area contributed by atoms with Gasteiger partial charge in [0.2, 0.25) is 0 Å². The number of methoxy groups -OCH3 is 1. The van der Waals surface area contributed by atoms with E-state index >= 15 is 0 Å². The summed E-state index contributed by atoms with van der Waals surface area (Å²) >= 11 is 0. The van der Waals surface area contributed by atoms with Gasteiger partial charge >= 0.3 is 18.1 Å². The van der Waals surface area contributed by atoms with Crippen LogP contribution in [0.1, 0.15) is 51.9 Å². The van der Waals surface area contributed by atoms with Crippen LogP contribution in [0.2, 0.25) is 0 Å². The first kappa shape index (κ1) is 18.8. The predicted octanol–water partition coefficient (Wildman–Crippen LogP) is 3.20.